The van der Waals surface area contributed by atoms with E-state index >= 15 is 0 Å². The van der Waals surface area contributed by atoms with Crippen LogP contribution in [0.15, 0.2) is 122 Å². The van der Waals surface area contributed by atoms with E-state index in [2.05, 4.69) is 135 Å². The van der Waals surface area contributed by atoms with Gasteiger partial charge in [0, 0.05) is 12.8 Å². The van der Waals surface area contributed by atoms with E-state index in [1.807, 2.05) is 21.1 Å². The summed E-state index contributed by atoms with van der Waals surface area (Å²) in [5.41, 5.74) is 0. The number of esters is 2. The minimum atomic E-state index is -4.41. The van der Waals surface area contributed by atoms with Gasteiger partial charge in [0.15, 0.2) is 6.10 Å². The number of phosphoric ester groups is 1. The predicted molar refractivity (Wildman–Crippen MR) is 394 cm³/mol. The lowest BCUT2D eigenvalue weighted by Crippen LogP contribution is -2.37. The van der Waals surface area contributed by atoms with Crippen molar-refractivity contribution in [3.63, 3.8) is 0 Å². The third-order valence-electron chi connectivity index (χ3n) is 16.3. The van der Waals surface area contributed by atoms with Crippen LogP contribution in [0.5, 0.6) is 0 Å². The summed E-state index contributed by atoms with van der Waals surface area (Å²) in [6.45, 7) is 4.34. The van der Waals surface area contributed by atoms with Crippen LogP contribution in [0, 0.1) is 0 Å². The van der Waals surface area contributed by atoms with Crippen LogP contribution < -0.4 is 0 Å². The SMILES string of the molecule is CC/C=C\C/C=C\C/C=C\C/C=C\C/C=C\C/C=C\C/C=C\C/C=C\C/C=C\C/C=C\CCCCCCCCC(=O)OC(COC(=O)CCCCCCCCCCCCCCCCCCCCCCCCCCCCCCCC)COP(=O)(O)OCC[N+](C)(C)C. The molecule has 0 aromatic rings. The molecule has 0 aliphatic heterocycles. The molecule has 0 saturated heterocycles. The molecule has 0 aliphatic rings. The summed E-state index contributed by atoms with van der Waals surface area (Å²) in [5, 5.41) is 0. The van der Waals surface area contributed by atoms with E-state index in [0.29, 0.717) is 17.4 Å². The molecule has 91 heavy (non-hydrogen) atoms. The zero-order valence-corrected chi connectivity index (χ0v) is 60.7. The molecular weight excluding hydrogens is 1150 g/mol. The number of ether oxygens (including phenoxy) is 2. The Bertz CT molecular complexity index is 1950. The molecule has 0 rings (SSSR count). The van der Waals surface area contributed by atoms with Gasteiger partial charge in [-0.25, -0.2) is 4.57 Å². The van der Waals surface area contributed by atoms with Crippen LogP contribution in [0.25, 0.3) is 0 Å². The smallest absolute Gasteiger partial charge is 0.462 e. The highest BCUT2D eigenvalue weighted by molar-refractivity contribution is 7.47. The number of hydrogen-bond acceptors (Lipinski definition) is 7. The molecule has 9 nitrogen and oxygen atoms in total. The number of carbonyl (C=O) groups excluding carboxylic acids is 2. The standard InChI is InChI=1S/C81H142NO8P/c1-6-8-10-12-14-16-18-20-22-24-26-28-30-32-34-36-38-39-40-41-42-43-44-46-48-50-52-54-56-58-60-62-64-66-68-70-72-74-81(84)90-79(78-89-91(85,86)88-76-75-82(3,4)5)77-87-80(83)73-71-69-67-65-63-61-59-57-55-53-51-49-47-45-37-35-33-31-29-27-25-23-21-19-17-15-13-11-9-7-2/h8,10,14,16,20,22,26,28,32,34,38-39,41-42,44,46,50,52,56,58,79H,6-7,9,11-13,15,17-19,21,23-25,27,29-31,33,35-37,40,43,45,47-49,51,53-55,57,59-78H2,1-5H3/p+1/b10-8-,16-14-,22-20-,28-26-,34-32-,39-38-,42-41-,46-44-,52-50-,58-56-. The first-order chi connectivity index (χ1) is 44.5. The molecule has 0 bridgehead atoms. The first kappa shape index (κ1) is 87.4. The number of allylic oxidation sites excluding steroid dienone is 20. The van der Waals surface area contributed by atoms with Crippen molar-refractivity contribution in [1.29, 1.82) is 0 Å². The van der Waals surface area contributed by atoms with Crippen LogP contribution in [-0.2, 0) is 32.7 Å². The van der Waals surface area contributed by atoms with Gasteiger partial charge in [-0.15, -0.1) is 0 Å². The summed E-state index contributed by atoms with van der Waals surface area (Å²) in [4.78, 5) is 35.9. The highest BCUT2D eigenvalue weighted by Gasteiger charge is 2.27. The lowest BCUT2D eigenvalue weighted by Gasteiger charge is -2.24. The topological polar surface area (TPSA) is 108 Å². The highest BCUT2D eigenvalue weighted by Crippen LogP contribution is 2.43. The molecule has 0 saturated carbocycles. The Balaban J connectivity index is 4.08. The molecule has 0 fully saturated rings. The van der Waals surface area contributed by atoms with Crippen LogP contribution in [0.4, 0.5) is 0 Å². The average molecular weight is 1290 g/mol. The fourth-order valence-electron chi connectivity index (χ4n) is 10.5. The second kappa shape index (κ2) is 70.7. The van der Waals surface area contributed by atoms with Crippen LogP contribution in [0.3, 0.4) is 0 Å². The van der Waals surface area contributed by atoms with Crippen LogP contribution >= 0.6 is 7.82 Å². The zero-order valence-electron chi connectivity index (χ0n) is 59.8. The van der Waals surface area contributed by atoms with Crippen molar-refractivity contribution in [1.82, 2.24) is 0 Å². The number of likely N-dealkylation sites (N-methyl/N-ethyl adjacent to an activating group) is 1. The Labute approximate surface area is 562 Å². The van der Waals surface area contributed by atoms with Crippen molar-refractivity contribution in [2.24, 2.45) is 0 Å². The summed E-state index contributed by atoms with van der Waals surface area (Å²) < 4.78 is 34.8. The molecule has 0 aromatic heterocycles. The van der Waals surface area contributed by atoms with Crippen molar-refractivity contribution < 1.29 is 42.1 Å². The van der Waals surface area contributed by atoms with Gasteiger partial charge in [0.2, 0.25) is 0 Å². The largest absolute Gasteiger partial charge is 0.472 e. The van der Waals surface area contributed by atoms with Gasteiger partial charge in [-0.05, 0) is 89.9 Å². The van der Waals surface area contributed by atoms with Gasteiger partial charge in [0.25, 0.3) is 0 Å². The molecule has 0 amide bonds. The minimum absolute atomic E-state index is 0.0243. The third kappa shape index (κ3) is 75.3. The molecule has 2 atom stereocenters. The number of phosphoric acid groups is 1. The summed E-state index contributed by atoms with van der Waals surface area (Å²) in [7, 11) is 1.46. The summed E-state index contributed by atoms with van der Waals surface area (Å²) in [6.07, 6.45) is 102. The second-order valence-corrected chi connectivity index (χ2v) is 27.8. The number of hydrogen-bond donors (Lipinski definition) is 1. The van der Waals surface area contributed by atoms with Crippen molar-refractivity contribution in [2.75, 3.05) is 47.5 Å². The number of unbranched alkanes of at least 4 members (excludes halogenated alkanes) is 35. The van der Waals surface area contributed by atoms with E-state index in [-0.39, 0.29) is 32.0 Å². The minimum Gasteiger partial charge on any atom is -0.462 e. The van der Waals surface area contributed by atoms with Gasteiger partial charge >= 0.3 is 19.8 Å². The monoisotopic (exact) mass is 1290 g/mol. The van der Waals surface area contributed by atoms with Gasteiger partial charge < -0.3 is 18.9 Å². The Hall–Kier alpha value is -3.59. The Morgan fingerprint density at radius 2 is 0.626 bits per heavy atom. The molecule has 0 heterocycles. The fourth-order valence-corrected chi connectivity index (χ4v) is 11.3. The third-order valence-corrected chi connectivity index (χ3v) is 17.2. The molecule has 2 unspecified atom stereocenters. The molecular formula is C81H143NO8P+. The van der Waals surface area contributed by atoms with Gasteiger partial charge in [-0.2, -0.15) is 0 Å². The maximum atomic E-state index is 12.9. The summed E-state index contributed by atoms with van der Waals surface area (Å²) >= 11 is 0. The second-order valence-electron chi connectivity index (χ2n) is 26.3. The molecule has 0 aliphatic carbocycles. The van der Waals surface area contributed by atoms with Gasteiger partial charge in [-0.1, -0.05) is 347 Å². The van der Waals surface area contributed by atoms with E-state index in [1.165, 1.54) is 173 Å². The van der Waals surface area contributed by atoms with E-state index < -0.39 is 26.5 Å². The number of nitrogens with zero attached hydrogens (tertiary/aromatic N) is 1. The summed E-state index contributed by atoms with van der Waals surface area (Å²) in [6, 6.07) is 0. The lowest BCUT2D eigenvalue weighted by atomic mass is 10.0. The molecule has 0 aromatic carbocycles. The normalized spacial score (nSPS) is 13.8. The highest BCUT2D eigenvalue weighted by atomic mass is 31.2. The molecule has 1 N–H and O–H groups in total. The average Bonchev–Trinajstić information content (AvgIpc) is 3.69. The van der Waals surface area contributed by atoms with E-state index in [4.69, 9.17) is 18.5 Å². The van der Waals surface area contributed by atoms with E-state index in [1.54, 1.807) is 0 Å². The van der Waals surface area contributed by atoms with Gasteiger partial charge in [-0.3, -0.25) is 18.6 Å². The van der Waals surface area contributed by atoms with Crippen molar-refractivity contribution in [2.45, 2.75) is 335 Å². The van der Waals surface area contributed by atoms with Gasteiger partial charge in [0.1, 0.15) is 19.8 Å². The Morgan fingerprint density at radius 3 is 0.934 bits per heavy atom. The number of quaternary nitrogens is 1. The quantitative estimate of drug-likeness (QED) is 0.0211. The lowest BCUT2D eigenvalue weighted by molar-refractivity contribution is -0.870. The first-order valence-electron chi connectivity index (χ1n) is 37.8. The molecule has 0 radical (unpaired) electrons. The van der Waals surface area contributed by atoms with Crippen molar-refractivity contribution in [3.05, 3.63) is 122 Å². The zero-order chi connectivity index (χ0) is 66.2. The maximum Gasteiger partial charge on any atom is 0.472 e. The number of carbonyl (C=O) groups is 2. The molecule has 524 valence electrons. The van der Waals surface area contributed by atoms with Crippen LogP contribution in [-0.4, -0.2) is 74.9 Å². The Kier molecular flexibility index (Phi) is 67.9. The molecule has 0 spiro atoms. The number of rotatable bonds is 69. The Morgan fingerprint density at radius 1 is 0.352 bits per heavy atom. The fraction of sp³-hybridized carbons (Fsp3) is 0.728. The van der Waals surface area contributed by atoms with Crippen LogP contribution in [0.2, 0.25) is 0 Å². The van der Waals surface area contributed by atoms with Crippen molar-refractivity contribution >= 4 is 19.8 Å². The van der Waals surface area contributed by atoms with Crippen molar-refractivity contribution in [3.8, 4) is 0 Å². The van der Waals surface area contributed by atoms with E-state index in [9.17, 15) is 19.0 Å². The molecule has 10 heteroatoms. The van der Waals surface area contributed by atoms with Gasteiger partial charge in [0.05, 0.1) is 27.7 Å². The maximum absolute atomic E-state index is 12.9. The predicted octanol–water partition coefficient (Wildman–Crippen LogP) is 25.0. The van der Waals surface area contributed by atoms with E-state index in [0.717, 1.165) is 122 Å². The first-order valence-corrected chi connectivity index (χ1v) is 39.3. The van der Waals surface area contributed by atoms with Crippen LogP contribution in [0.1, 0.15) is 328 Å². The summed E-state index contributed by atoms with van der Waals surface area (Å²) in [5.74, 6) is -0.808.